The van der Waals surface area contributed by atoms with E-state index in [4.69, 9.17) is 0 Å². The molecule has 0 saturated heterocycles. The highest BCUT2D eigenvalue weighted by Gasteiger charge is 2.52. The van der Waals surface area contributed by atoms with E-state index in [0.717, 1.165) is 34.1 Å². The van der Waals surface area contributed by atoms with Crippen LogP contribution in [0.5, 0.6) is 0 Å². The van der Waals surface area contributed by atoms with Gasteiger partial charge in [-0.05, 0) is 214 Å². The topological polar surface area (TPSA) is 6.48 Å². The molecule has 2 aliphatic rings. The van der Waals surface area contributed by atoms with E-state index in [2.05, 4.69) is 374 Å². The lowest BCUT2D eigenvalue weighted by Gasteiger charge is -2.37. The second-order valence-corrected chi connectivity index (χ2v) is 23.9. The van der Waals surface area contributed by atoms with Crippen molar-refractivity contribution in [1.29, 1.82) is 0 Å². The summed E-state index contributed by atoms with van der Waals surface area (Å²) in [5, 5.41) is 4.74. The van der Waals surface area contributed by atoms with Gasteiger partial charge in [-0.1, -0.05) is 261 Å². The van der Waals surface area contributed by atoms with Crippen LogP contribution in [0.2, 0.25) is 0 Å². The van der Waals surface area contributed by atoms with E-state index < -0.39 is 10.8 Å². The molecule has 90 heavy (non-hydrogen) atoms. The van der Waals surface area contributed by atoms with Gasteiger partial charge in [0.2, 0.25) is 0 Å². The molecule has 0 aliphatic heterocycles. The highest BCUT2D eigenvalue weighted by atomic mass is 15.1. The predicted molar refractivity (Wildman–Crippen MR) is 376 cm³/mol. The molecule has 0 radical (unpaired) electrons. The maximum atomic E-state index is 2.64. The Hall–Kier alpha value is -11.6. The van der Waals surface area contributed by atoms with Crippen LogP contribution in [0.4, 0.5) is 34.1 Å². The van der Waals surface area contributed by atoms with Gasteiger partial charge in [-0.15, -0.1) is 0 Å². The quantitative estimate of drug-likeness (QED) is 0.120. The molecule has 0 amide bonds. The zero-order valence-electron chi connectivity index (χ0n) is 49.5. The number of hydrogen-bond acceptors (Lipinski definition) is 2. The molecule has 0 heterocycles. The Kier molecular flexibility index (Phi) is 12.7. The Morgan fingerprint density at radius 2 is 0.422 bits per heavy atom. The third kappa shape index (κ3) is 8.48. The molecule has 0 bridgehead atoms. The average molecular weight is 1150 g/mol. The lowest BCUT2D eigenvalue weighted by molar-refractivity contribution is 0.745. The maximum absolute atomic E-state index is 2.64. The monoisotopic (exact) mass is 1140 g/mol. The van der Waals surface area contributed by atoms with Gasteiger partial charge < -0.3 is 9.80 Å². The average Bonchev–Trinajstić information content (AvgIpc) is 1.50. The molecule has 422 valence electrons. The minimum absolute atomic E-state index is 0.702. The fourth-order valence-electron chi connectivity index (χ4n) is 15.1. The van der Waals surface area contributed by atoms with Crippen LogP contribution >= 0.6 is 0 Å². The summed E-state index contributed by atoms with van der Waals surface area (Å²) in [4.78, 5) is 4.78. The Bertz CT molecular complexity index is 4710. The minimum Gasteiger partial charge on any atom is -0.310 e. The van der Waals surface area contributed by atoms with E-state index >= 15 is 0 Å². The van der Waals surface area contributed by atoms with E-state index in [1.165, 1.54) is 111 Å². The highest BCUT2D eigenvalue weighted by Crippen LogP contribution is 2.64. The lowest BCUT2D eigenvalue weighted by Crippen LogP contribution is -2.31. The molecule has 17 rings (SSSR count). The van der Waals surface area contributed by atoms with Crippen molar-refractivity contribution >= 4 is 55.7 Å². The number of hydrogen-bond donors (Lipinski definition) is 0. The highest BCUT2D eigenvalue weighted by molar-refractivity contribution is 6.03. The summed E-state index contributed by atoms with van der Waals surface area (Å²) in [6.45, 7) is 0. The molecule has 0 N–H and O–H groups in total. The van der Waals surface area contributed by atoms with Gasteiger partial charge in [-0.2, -0.15) is 0 Å². The standard InChI is InChI=1S/C88H60N2/c1-9-25-61(26-10-1)63-41-47-75(48-42-63)89(73-37-21-7-22-38-73)77-51-45-65-55-79-81-59-82-80-56-66-46-52-78(90(74-39-23-8-24-40-74)76-49-43-64(44-50-76)62-27-11-2-12-28-62)54-68(66)58-84(80)88(71-33-17-5-18-34-71,72-35-19-6-20-36-72)86(82)60-85(81)87(69-29-13-3-14-30-69,70-31-15-4-16-32-70)83(79)57-67(65)53-77/h1-60H. The molecular weight excluding hydrogens is 1080 g/mol. The first-order valence-corrected chi connectivity index (χ1v) is 31.2. The van der Waals surface area contributed by atoms with Crippen molar-refractivity contribution in [2.75, 3.05) is 9.80 Å². The zero-order chi connectivity index (χ0) is 59.6. The second-order valence-electron chi connectivity index (χ2n) is 23.9. The van der Waals surface area contributed by atoms with Crippen LogP contribution in [0.15, 0.2) is 364 Å². The molecule has 0 aromatic heterocycles. The van der Waals surface area contributed by atoms with Crippen molar-refractivity contribution in [2.24, 2.45) is 0 Å². The molecule has 0 atom stereocenters. The van der Waals surface area contributed by atoms with Gasteiger partial charge in [0.15, 0.2) is 0 Å². The number of benzene rings is 15. The summed E-state index contributed by atoms with van der Waals surface area (Å²) in [5.41, 5.74) is 25.0. The molecule has 2 aliphatic carbocycles. The summed E-state index contributed by atoms with van der Waals surface area (Å²) < 4.78 is 0. The number of rotatable bonds is 12. The molecular formula is C88H60N2. The third-order valence-electron chi connectivity index (χ3n) is 19.1. The molecule has 0 fully saturated rings. The van der Waals surface area contributed by atoms with Gasteiger partial charge >= 0.3 is 0 Å². The summed E-state index contributed by atoms with van der Waals surface area (Å²) in [6.07, 6.45) is 0. The number of para-hydroxylation sites is 2. The molecule has 0 spiro atoms. The zero-order valence-corrected chi connectivity index (χ0v) is 49.5. The normalized spacial score (nSPS) is 13.1. The lowest BCUT2D eigenvalue weighted by atomic mass is 9.64. The van der Waals surface area contributed by atoms with Gasteiger partial charge in [0, 0.05) is 34.1 Å². The first-order chi connectivity index (χ1) is 44.6. The number of nitrogens with zero attached hydrogens (tertiary/aromatic N) is 2. The van der Waals surface area contributed by atoms with Gasteiger partial charge in [-0.3, -0.25) is 0 Å². The van der Waals surface area contributed by atoms with Crippen molar-refractivity contribution in [3.05, 3.63) is 408 Å². The van der Waals surface area contributed by atoms with Crippen molar-refractivity contribution in [3.63, 3.8) is 0 Å². The van der Waals surface area contributed by atoms with Gasteiger partial charge in [0.1, 0.15) is 0 Å². The van der Waals surface area contributed by atoms with E-state index in [1.54, 1.807) is 0 Å². The Morgan fingerprint density at radius 1 is 0.167 bits per heavy atom. The molecule has 0 saturated carbocycles. The van der Waals surface area contributed by atoms with Crippen LogP contribution in [0, 0.1) is 0 Å². The van der Waals surface area contributed by atoms with Crippen molar-refractivity contribution in [2.45, 2.75) is 10.8 Å². The minimum atomic E-state index is -0.702. The van der Waals surface area contributed by atoms with Gasteiger partial charge in [-0.25, -0.2) is 0 Å². The molecule has 2 heteroatoms. The number of fused-ring (bicyclic) bond motifs is 8. The second kappa shape index (κ2) is 21.7. The van der Waals surface area contributed by atoms with Gasteiger partial charge in [0.25, 0.3) is 0 Å². The number of anilines is 6. The van der Waals surface area contributed by atoms with Crippen LogP contribution in [0.3, 0.4) is 0 Å². The van der Waals surface area contributed by atoms with Gasteiger partial charge in [0.05, 0.1) is 10.8 Å². The summed E-state index contributed by atoms with van der Waals surface area (Å²) in [6, 6.07) is 135. The van der Waals surface area contributed by atoms with E-state index in [0.29, 0.717) is 0 Å². The fourth-order valence-corrected chi connectivity index (χ4v) is 15.1. The van der Waals surface area contributed by atoms with Crippen LogP contribution in [-0.4, -0.2) is 0 Å². The summed E-state index contributed by atoms with van der Waals surface area (Å²) in [5.74, 6) is 0. The van der Waals surface area contributed by atoms with E-state index in [-0.39, 0.29) is 0 Å². The predicted octanol–water partition coefficient (Wildman–Crippen LogP) is 23.0. The Morgan fingerprint density at radius 3 is 0.756 bits per heavy atom. The van der Waals surface area contributed by atoms with Crippen LogP contribution in [-0.2, 0) is 10.8 Å². The van der Waals surface area contributed by atoms with E-state index in [9.17, 15) is 0 Å². The molecule has 15 aromatic carbocycles. The van der Waals surface area contributed by atoms with E-state index in [1.807, 2.05) is 0 Å². The smallest absolute Gasteiger partial charge is 0.0713 e. The third-order valence-corrected chi connectivity index (χ3v) is 19.1. The largest absolute Gasteiger partial charge is 0.310 e. The van der Waals surface area contributed by atoms with Crippen molar-refractivity contribution < 1.29 is 0 Å². The Labute approximate surface area is 526 Å². The maximum Gasteiger partial charge on any atom is 0.0713 e. The Balaban J connectivity index is 0.892. The molecule has 0 unspecified atom stereocenters. The van der Waals surface area contributed by atoms with Crippen molar-refractivity contribution in [1.82, 2.24) is 0 Å². The first-order valence-electron chi connectivity index (χ1n) is 31.2. The fraction of sp³-hybridized carbons (Fsp3) is 0.0227. The molecule has 2 nitrogen and oxygen atoms in total. The van der Waals surface area contributed by atoms with Crippen LogP contribution in [0.1, 0.15) is 44.5 Å². The summed E-state index contributed by atoms with van der Waals surface area (Å²) >= 11 is 0. The molecule has 15 aromatic rings. The summed E-state index contributed by atoms with van der Waals surface area (Å²) in [7, 11) is 0. The first kappa shape index (κ1) is 52.7. The van der Waals surface area contributed by atoms with Crippen molar-refractivity contribution in [3.8, 4) is 44.5 Å². The SMILES string of the molecule is c1ccc(-c2ccc(N(c3ccccc3)c3ccc4cc5c(cc4c3)C(c3ccccc3)(c3ccccc3)c3cc4c(cc3-5)-c3cc5ccc(N(c6ccccc6)c6ccc(-c7ccccc7)cc6)cc5cc3C4(c3ccccc3)c3ccccc3)cc2)cc1. The van der Waals surface area contributed by atoms with Crippen LogP contribution < -0.4 is 9.80 Å². The van der Waals surface area contributed by atoms with Crippen LogP contribution in [0.25, 0.3) is 66.1 Å².